The normalized spacial score (nSPS) is 9.69. The number of hydrogen-bond acceptors (Lipinski definition) is 4. The molecule has 3 N–H and O–H groups in total. The minimum absolute atomic E-state index is 0.167. The molecule has 0 aliphatic carbocycles. The van der Waals surface area contributed by atoms with Crippen molar-refractivity contribution in [1.29, 1.82) is 0 Å². The molecule has 0 aliphatic rings. The van der Waals surface area contributed by atoms with Gasteiger partial charge in [-0.2, -0.15) is 5.10 Å². The first kappa shape index (κ1) is 9.31. The highest BCUT2D eigenvalue weighted by atomic mass is 16.5. The number of nitrogens with one attached hydrogen (secondary N) is 1. The quantitative estimate of drug-likeness (QED) is 0.661. The molecule has 0 bridgehead atoms. The number of anilines is 1. The molecule has 5 nitrogen and oxygen atoms in total. The fourth-order valence-electron chi connectivity index (χ4n) is 0.934. The number of methoxy groups -OCH3 is 1. The molecule has 0 atom stereocenters. The van der Waals surface area contributed by atoms with E-state index < -0.39 is 5.97 Å². The predicted octanol–water partition coefficient (Wildman–Crippen LogP) is 0.812. The summed E-state index contributed by atoms with van der Waals surface area (Å²) in [6.07, 6.45) is 0. The first-order valence-electron chi connectivity index (χ1n) is 3.66. The van der Waals surface area contributed by atoms with Gasteiger partial charge in [0.25, 0.3) is 0 Å². The largest absolute Gasteiger partial charge is 0.464 e. The van der Waals surface area contributed by atoms with Gasteiger partial charge in [0.15, 0.2) is 5.69 Å². The number of carbonyl (C=O) groups is 1. The van der Waals surface area contributed by atoms with Crippen molar-refractivity contribution in [3.63, 3.8) is 0 Å². The van der Waals surface area contributed by atoms with E-state index in [4.69, 9.17) is 5.73 Å². The number of hydrogen-bond donors (Lipinski definition) is 2. The number of esters is 1. The number of aromatic nitrogens is 2. The van der Waals surface area contributed by atoms with Gasteiger partial charge in [-0.25, -0.2) is 4.79 Å². The third-order valence-corrected chi connectivity index (χ3v) is 1.60. The lowest BCUT2D eigenvalue weighted by Crippen LogP contribution is -2.05. The lowest BCUT2D eigenvalue weighted by molar-refractivity contribution is 0.0595. The second kappa shape index (κ2) is 3.30. The summed E-state index contributed by atoms with van der Waals surface area (Å²) in [5, 5.41) is 6.33. The minimum Gasteiger partial charge on any atom is -0.464 e. The van der Waals surface area contributed by atoms with Gasteiger partial charge in [-0.1, -0.05) is 6.58 Å². The molecule has 1 rings (SSSR count). The topological polar surface area (TPSA) is 81.0 Å². The monoisotopic (exact) mass is 181 g/mol. The van der Waals surface area contributed by atoms with Crippen LogP contribution in [0, 0.1) is 0 Å². The fourth-order valence-corrected chi connectivity index (χ4v) is 0.934. The molecule has 0 amide bonds. The van der Waals surface area contributed by atoms with Crippen LogP contribution in [0.4, 0.5) is 5.69 Å². The van der Waals surface area contributed by atoms with Crippen molar-refractivity contribution >= 4 is 17.2 Å². The van der Waals surface area contributed by atoms with Crippen molar-refractivity contribution in [2.75, 3.05) is 12.8 Å². The van der Waals surface area contributed by atoms with Gasteiger partial charge >= 0.3 is 5.97 Å². The molecule has 1 aromatic rings. The van der Waals surface area contributed by atoms with Gasteiger partial charge in [-0.3, -0.25) is 5.10 Å². The third kappa shape index (κ3) is 1.53. The summed E-state index contributed by atoms with van der Waals surface area (Å²) in [4.78, 5) is 11.1. The maximum atomic E-state index is 11.1. The van der Waals surface area contributed by atoms with E-state index in [1.165, 1.54) is 7.11 Å². The van der Waals surface area contributed by atoms with Gasteiger partial charge in [0, 0.05) is 0 Å². The highest BCUT2D eigenvalue weighted by Crippen LogP contribution is 2.20. The molecule has 0 saturated heterocycles. The van der Waals surface area contributed by atoms with Crippen molar-refractivity contribution in [1.82, 2.24) is 10.2 Å². The SMILES string of the molecule is C=C(C)c1n[nH]c(C(=O)OC)c1N. The van der Waals surface area contributed by atoms with E-state index in [1.807, 2.05) is 0 Å². The zero-order valence-electron chi connectivity index (χ0n) is 7.55. The maximum absolute atomic E-state index is 11.1. The molecule has 13 heavy (non-hydrogen) atoms. The van der Waals surface area contributed by atoms with Crippen molar-refractivity contribution in [3.8, 4) is 0 Å². The first-order valence-corrected chi connectivity index (χ1v) is 3.66. The summed E-state index contributed by atoms with van der Waals surface area (Å²) in [6, 6.07) is 0. The molecule has 0 radical (unpaired) electrons. The lowest BCUT2D eigenvalue weighted by Gasteiger charge is -1.97. The Balaban J connectivity index is 3.13. The highest BCUT2D eigenvalue weighted by molar-refractivity contribution is 5.95. The number of H-pyrrole nitrogens is 1. The molecule has 0 spiro atoms. The second-order valence-electron chi connectivity index (χ2n) is 2.63. The Morgan fingerprint density at radius 3 is 2.69 bits per heavy atom. The van der Waals surface area contributed by atoms with Crippen LogP contribution in [0.3, 0.4) is 0 Å². The highest BCUT2D eigenvalue weighted by Gasteiger charge is 2.16. The third-order valence-electron chi connectivity index (χ3n) is 1.60. The van der Waals surface area contributed by atoms with E-state index in [0.29, 0.717) is 11.3 Å². The molecule has 0 aliphatic heterocycles. The Bertz CT molecular complexity index is 354. The summed E-state index contributed by atoms with van der Waals surface area (Å²) < 4.78 is 4.49. The van der Waals surface area contributed by atoms with Gasteiger partial charge in [0.05, 0.1) is 12.8 Å². The Hall–Kier alpha value is -1.78. The molecule has 1 heterocycles. The predicted molar refractivity (Wildman–Crippen MR) is 49.0 cm³/mol. The van der Waals surface area contributed by atoms with Crippen LogP contribution in [0.1, 0.15) is 23.1 Å². The molecule has 1 aromatic heterocycles. The Morgan fingerprint density at radius 1 is 1.69 bits per heavy atom. The summed E-state index contributed by atoms with van der Waals surface area (Å²) in [5.41, 5.74) is 7.27. The Morgan fingerprint density at radius 2 is 2.31 bits per heavy atom. The van der Waals surface area contributed by atoms with Crippen LogP contribution in [-0.4, -0.2) is 23.3 Å². The number of nitrogen functional groups attached to an aromatic ring is 1. The summed E-state index contributed by atoms with van der Waals surface area (Å²) in [7, 11) is 1.28. The molecule has 0 fully saturated rings. The second-order valence-corrected chi connectivity index (χ2v) is 2.63. The molecule has 0 aromatic carbocycles. The average molecular weight is 181 g/mol. The minimum atomic E-state index is -0.530. The van der Waals surface area contributed by atoms with E-state index in [1.54, 1.807) is 6.92 Å². The van der Waals surface area contributed by atoms with E-state index in [0.717, 1.165) is 0 Å². The molecular formula is C8H11N3O2. The average Bonchev–Trinajstić information content (AvgIpc) is 2.46. The number of nitrogens with zero attached hydrogens (tertiary/aromatic N) is 1. The van der Waals surface area contributed by atoms with Crippen LogP contribution in [0.25, 0.3) is 5.57 Å². The van der Waals surface area contributed by atoms with E-state index >= 15 is 0 Å². The summed E-state index contributed by atoms with van der Waals surface area (Å²) in [6.45, 7) is 5.43. The molecule has 0 saturated carbocycles. The number of rotatable bonds is 2. The van der Waals surface area contributed by atoms with E-state index in [9.17, 15) is 4.79 Å². The zero-order chi connectivity index (χ0) is 10.0. The number of carbonyl (C=O) groups excluding carboxylic acids is 1. The van der Waals surface area contributed by atoms with Crippen LogP contribution in [0.2, 0.25) is 0 Å². The van der Waals surface area contributed by atoms with Gasteiger partial charge in [-0.05, 0) is 12.5 Å². The standard InChI is InChI=1S/C8H11N3O2/c1-4(2)6-5(9)7(11-10-6)8(12)13-3/h1,9H2,2-3H3,(H,10,11). The van der Waals surface area contributed by atoms with Gasteiger partial charge in [-0.15, -0.1) is 0 Å². The van der Waals surface area contributed by atoms with Crippen LogP contribution in [0.5, 0.6) is 0 Å². The maximum Gasteiger partial charge on any atom is 0.358 e. The Kier molecular flexibility index (Phi) is 2.36. The molecule has 5 heteroatoms. The van der Waals surface area contributed by atoms with Crippen LogP contribution >= 0.6 is 0 Å². The summed E-state index contributed by atoms with van der Waals surface area (Å²) >= 11 is 0. The van der Waals surface area contributed by atoms with Gasteiger partial charge in [0.2, 0.25) is 0 Å². The smallest absolute Gasteiger partial charge is 0.358 e. The van der Waals surface area contributed by atoms with Crippen molar-refractivity contribution in [2.45, 2.75) is 6.92 Å². The lowest BCUT2D eigenvalue weighted by atomic mass is 10.2. The van der Waals surface area contributed by atoms with Gasteiger partial charge < -0.3 is 10.5 Å². The number of allylic oxidation sites excluding steroid dienone is 1. The molecular weight excluding hydrogens is 170 g/mol. The molecule has 0 unspecified atom stereocenters. The van der Waals surface area contributed by atoms with Crippen LogP contribution in [-0.2, 0) is 4.74 Å². The van der Waals surface area contributed by atoms with Crippen LogP contribution in [0.15, 0.2) is 6.58 Å². The van der Waals surface area contributed by atoms with Gasteiger partial charge in [0.1, 0.15) is 5.69 Å². The zero-order valence-corrected chi connectivity index (χ0v) is 7.55. The van der Waals surface area contributed by atoms with E-state index in [-0.39, 0.29) is 11.4 Å². The summed E-state index contributed by atoms with van der Waals surface area (Å²) in [5.74, 6) is -0.530. The fraction of sp³-hybridized carbons (Fsp3) is 0.250. The van der Waals surface area contributed by atoms with Crippen molar-refractivity contribution in [3.05, 3.63) is 18.0 Å². The van der Waals surface area contributed by atoms with E-state index in [2.05, 4.69) is 21.5 Å². The first-order chi connectivity index (χ1) is 6.07. The number of aromatic amines is 1. The van der Waals surface area contributed by atoms with Crippen molar-refractivity contribution in [2.24, 2.45) is 0 Å². The number of nitrogens with two attached hydrogens (primary N) is 1. The molecule has 70 valence electrons. The van der Waals surface area contributed by atoms with Crippen LogP contribution < -0.4 is 5.73 Å². The number of ether oxygens (including phenoxy) is 1. The van der Waals surface area contributed by atoms with Crippen molar-refractivity contribution < 1.29 is 9.53 Å². The Labute approximate surface area is 75.6 Å².